The molecule has 0 aliphatic heterocycles. The molecule has 0 radical (unpaired) electrons. The van der Waals surface area contributed by atoms with Gasteiger partial charge in [-0.2, -0.15) is 0 Å². The second-order valence-corrected chi connectivity index (χ2v) is 7.80. The molecule has 0 fully saturated rings. The highest BCUT2D eigenvalue weighted by Crippen LogP contribution is 2.28. The summed E-state index contributed by atoms with van der Waals surface area (Å²) in [6.45, 7) is 0.503. The first-order valence-electron chi connectivity index (χ1n) is 9.08. The normalized spacial score (nSPS) is 10.8. The van der Waals surface area contributed by atoms with E-state index >= 15 is 0 Å². The summed E-state index contributed by atoms with van der Waals surface area (Å²) in [5.74, 6) is 0.381. The molecule has 4 rings (SSSR count). The van der Waals surface area contributed by atoms with Crippen LogP contribution in [0.5, 0.6) is 5.75 Å². The highest BCUT2D eigenvalue weighted by atomic mass is 79.9. The highest BCUT2D eigenvalue weighted by molar-refractivity contribution is 9.10. The van der Waals surface area contributed by atoms with Crippen molar-refractivity contribution in [2.24, 2.45) is 0 Å². The van der Waals surface area contributed by atoms with E-state index in [-0.39, 0.29) is 24.1 Å². The number of hydrogen-bond acceptors (Lipinski definition) is 5. The van der Waals surface area contributed by atoms with E-state index in [2.05, 4.69) is 31.3 Å². The van der Waals surface area contributed by atoms with Crippen molar-refractivity contribution in [1.29, 1.82) is 0 Å². The monoisotopic (exact) mass is 504 g/mol. The van der Waals surface area contributed by atoms with Gasteiger partial charge in [0.1, 0.15) is 30.3 Å². The molecule has 31 heavy (non-hydrogen) atoms. The molecule has 0 saturated carbocycles. The molecule has 0 spiro atoms. The van der Waals surface area contributed by atoms with Crippen LogP contribution in [0, 0.1) is 5.82 Å². The van der Waals surface area contributed by atoms with Crippen LogP contribution in [0.1, 0.15) is 21.9 Å². The summed E-state index contributed by atoms with van der Waals surface area (Å²) in [4.78, 5) is 16.5. The third kappa shape index (κ3) is 5.50. The van der Waals surface area contributed by atoms with Gasteiger partial charge in [-0.1, -0.05) is 39.7 Å². The average molecular weight is 506 g/mol. The summed E-state index contributed by atoms with van der Waals surface area (Å²) in [5, 5.41) is 7.22. The zero-order valence-electron chi connectivity index (χ0n) is 15.9. The van der Waals surface area contributed by atoms with E-state index in [0.717, 1.165) is 10.0 Å². The van der Waals surface area contributed by atoms with E-state index < -0.39 is 5.91 Å². The maximum absolute atomic E-state index is 13.0. The average Bonchev–Trinajstić information content (AvgIpc) is 3.39. The topological polar surface area (TPSA) is 82.2 Å². The number of benzene rings is 2. The molecule has 1 amide bonds. The Morgan fingerprint density at radius 3 is 2.77 bits per heavy atom. The number of carbonyl (C=O) groups is 1. The molecule has 0 atom stereocenters. The predicted molar refractivity (Wildman–Crippen MR) is 116 cm³/mol. The summed E-state index contributed by atoms with van der Waals surface area (Å²) in [6, 6.07) is 14.5. The number of carbonyl (C=O) groups excluding carboxylic acids is 1. The maximum Gasteiger partial charge on any atom is 0.293 e. The van der Waals surface area contributed by atoms with E-state index in [1.165, 1.54) is 29.2 Å². The van der Waals surface area contributed by atoms with E-state index in [1.807, 2.05) is 6.07 Å². The van der Waals surface area contributed by atoms with Gasteiger partial charge in [0, 0.05) is 4.47 Å². The SMILES string of the molecule is O=C(Nc1ncn(Cc2ccc(F)cc2)n1)c1ccc(COc2ccc(Br)cc2Cl)o1. The summed E-state index contributed by atoms with van der Waals surface area (Å²) < 4.78 is 26.5. The Hall–Kier alpha value is -3.17. The van der Waals surface area contributed by atoms with Gasteiger partial charge < -0.3 is 9.15 Å². The number of rotatable bonds is 7. The second kappa shape index (κ2) is 9.32. The molecule has 0 bridgehead atoms. The zero-order chi connectivity index (χ0) is 21.8. The molecule has 0 aliphatic carbocycles. The van der Waals surface area contributed by atoms with Gasteiger partial charge in [-0.25, -0.2) is 14.1 Å². The Morgan fingerprint density at radius 1 is 1.19 bits per heavy atom. The van der Waals surface area contributed by atoms with Crippen LogP contribution in [-0.4, -0.2) is 20.7 Å². The van der Waals surface area contributed by atoms with Crippen LogP contribution in [0.2, 0.25) is 5.02 Å². The van der Waals surface area contributed by atoms with Gasteiger partial charge in [-0.3, -0.25) is 10.1 Å². The molecule has 2 aromatic heterocycles. The fourth-order valence-corrected chi connectivity index (χ4v) is 3.41. The zero-order valence-corrected chi connectivity index (χ0v) is 18.2. The van der Waals surface area contributed by atoms with Gasteiger partial charge >= 0.3 is 0 Å². The molecule has 2 heterocycles. The molecule has 0 unspecified atom stereocenters. The first-order valence-corrected chi connectivity index (χ1v) is 10.3. The predicted octanol–water partition coefficient (Wildman–Crippen LogP) is 5.31. The molecule has 0 saturated heterocycles. The maximum atomic E-state index is 13.0. The minimum atomic E-state index is -0.493. The Labute approximate surface area is 189 Å². The lowest BCUT2D eigenvalue weighted by atomic mass is 10.2. The van der Waals surface area contributed by atoms with Crippen molar-refractivity contribution in [2.75, 3.05) is 5.32 Å². The van der Waals surface area contributed by atoms with Crippen LogP contribution in [0.4, 0.5) is 10.3 Å². The van der Waals surface area contributed by atoms with Crippen molar-refractivity contribution in [3.8, 4) is 5.75 Å². The lowest BCUT2D eigenvalue weighted by Crippen LogP contribution is -2.12. The number of nitrogens with one attached hydrogen (secondary N) is 1. The first-order chi connectivity index (χ1) is 15.0. The number of aromatic nitrogens is 3. The Bertz CT molecular complexity index is 1210. The van der Waals surface area contributed by atoms with Gasteiger partial charge in [-0.05, 0) is 48.0 Å². The number of amides is 1. The van der Waals surface area contributed by atoms with Crippen LogP contribution in [0.25, 0.3) is 0 Å². The molecular formula is C21H15BrClFN4O3. The minimum Gasteiger partial charge on any atom is -0.484 e. The molecular weight excluding hydrogens is 491 g/mol. The number of hydrogen-bond donors (Lipinski definition) is 1. The fourth-order valence-electron chi connectivity index (χ4n) is 2.69. The van der Waals surface area contributed by atoms with E-state index in [4.69, 9.17) is 20.8 Å². The molecule has 1 N–H and O–H groups in total. The van der Waals surface area contributed by atoms with Gasteiger partial charge in [0.2, 0.25) is 5.95 Å². The van der Waals surface area contributed by atoms with Crippen LogP contribution in [0.15, 0.2) is 69.8 Å². The fraction of sp³-hybridized carbons (Fsp3) is 0.0952. The summed E-state index contributed by atoms with van der Waals surface area (Å²) >= 11 is 9.45. The largest absolute Gasteiger partial charge is 0.484 e. The standard InChI is InChI=1S/C21H15BrClFN4O3/c22-14-3-7-18(17(23)9-14)30-11-16-6-8-19(31-16)20(29)26-21-25-12-28(27-21)10-13-1-4-15(24)5-2-13/h1-9,12H,10-11H2,(H,26,27,29). The Morgan fingerprint density at radius 2 is 2.00 bits per heavy atom. The number of halogens is 3. The van der Waals surface area contributed by atoms with Crippen molar-refractivity contribution in [3.63, 3.8) is 0 Å². The van der Waals surface area contributed by atoms with E-state index in [1.54, 1.807) is 30.3 Å². The van der Waals surface area contributed by atoms with Crippen LogP contribution in [-0.2, 0) is 13.2 Å². The lowest BCUT2D eigenvalue weighted by molar-refractivity contribution is 0.0991. The molecule has 4 aromatic rings. The van der Waals surface area contributed by atoms with Crippen molar-refractivity contribution >= 4 is 39.4 Å². The third-order valence-corrected chi connectivity index (χ3v) is 4.96. The van der Waals surface area contributed by atoms with E-state index in [0.29, 0.717) is 23.1 Å². The minimum absolute atomic E-state index is 0.0930. The van der Waals surface area contributed by atoms with Crippen molar-refractivity contribution in [3.05, 3.63) is 93.3 Å². The smallest absolute Gasteiger partial charge is 0.293 e. The van der Waals surface area contributed by atoms with Gasteiger partial charge in [0.25, 0.3) is 5.91 Å². The van der Waals surface area contributed by atoms with Crippen LogP contribution >= 0.6 is 27.5 Å². The second-order valence-electron chi connectivity index (χ2n) is 6.48. The first kappa shape index (κ1) is 21.1. The number of nitrogens with zero attached hydrogens (tertiary/aromatic N) is 3. The summed E-state index contributed by atoms with van der Waals surface area (Å²) in [6.07, 6.45) is 1.47. The quantitative estimate of drug-likeness (QED) is 0.368. The van der Waals surface area contributed by atoms with Gasteiger partial charge in [0.05, 0.1) is 11.6 Å². The van der Waals surface area contributed by atoms with Gasteiger partial charge in [-0.15, -0.1) is 5.10 Å². The number of ether oxygens (including phenoxy) is 1. The molecule has 158 valence electrons. The summed E-state index contributed by atoms with van der Waals surface area (Å²) in [5.41, 5.74) is 0.853. The molecule has 7 nitrogen and oxygen atoms in total. The van der Waals surface area contributed by atoms with Crippen molar-refractivity contribution in [1.82, 2.24) is 14.8 Å². The molecule has 2 aromatic carbocycles. The highest BCUT2D eigenvalue weighted by Gasteiger charge is 2.14. The Kier molecular flexibility index (Phi) is 6.34. The summed E-state index contributed by atoms with van der Waals surface area (Å²) in [7, 11) is 0. The van der Waals surface area contributed by atoms with Crippen LogP contribution < -0.4 is 10.1 Å². The van der Waals surface area contributed by atoms with Gasteiger partial charge in [0.15, 0.2) is 5.76 Å². The third-order valence-electron chi connectivity index (χ3n) is 4.17. The number of furan rings is 1. The van der Waals surface area contributed by atoms with Crippen molar-refractivity contribution in [2.45, 2.75) is 13.2 Å². The lowest BCUT2D eigenvalue weighted by Gasteiger charge is -2.06. The van der Waals surface area contributed by atoms with E-state index in [9.17, 15) is 9.18 Å². The number of anilines is 1. The molecule has 0 aliphatic rings. The molecule has 10 heteroatoms. The van der Waals surface area contributed by atoms with Crippen LogP contribution in [0.3, 0.4) is 0 Å². The van der Waals surface area contributed by atoms with Crippen molar-refractivity contribution < 1.29 is 18.3 Å². The Balaban J connectivity index is 1.33.